The van der Waals surface area contributed by atoms with Gasteiger partial charge in [0, 0.05) is 7.05 Å². The number of likely N-dealkylation sites (N-methyl/N-ethyl adjacent to an activating group) is 1. The molecule has 2 aromatic carbocycles. The van der Waals surface area contributed by atoms with E-state index in [0.717, 1.165) is 42.2 Å². The Kier molecular flexibility index (Phi) is 7.10. The Bertz CT molecular complexity index is 1230. The van der Waals surface area contributed by atoms with Gasteiger partial charge in [-0.05, 0) is 36.4 Å². The van der Waals surface area contributed by atoms with E-state index in [0.29, 0.717) is 10.6 Å². The van der Waals surface area contributed by atoms with Crippen LogP contribution >= 0.6 is 0 Å². The summed E-state index contributed by atoms with van der Waals surface area (Å²) in [4.78, 5) is 25.4. The van der Waals surface area contributed by atoms with Crippen molar-refractivity contribution in [2.45, 2.75) is 11.8 Å². The van der Waals surface area contributed by atoms with Crippen LogP contribution in [-0.4, -0.2) is 63.5 Å². The van der Waals surface area contributed by atoms with E-state index >= 15 is 0 Å². The fourth-order valence-corrected chi connectivity index (χ4v) is 3.19. The van der Waals surface area contributed by atoms with Crippen LogP contribution in [0.25, 0.3) is 5.69 Å². The molecular formula is C22H20F5N5O3. The van der Waals surface area contributed by atoms with Gasteiger partial charge in [0.15, 0.2) is 5.60 Å². The van der Waals surface area contributed by atoms with Gasteiger partial charge in [-0.1, -0.05) is 12.1 Å². The number of hydrogen-bond donors (Lipinski definition) is 3. The lowest BCUT2D eigenvalue weighted by Crippen LogP contribution is -2.60. The summed E-state index contributed by atoms with van der Waals surface area (Å²) < 4.78 is 69.2. The first-order valence-electron chi connectivity index (χ1n) is 10.0. The van der Waals surface area contributed by atoms with Gasteiger partial charge in [-0.25, -0.2) is 13.5 Å². The standard InChI is InChI=1S/C22H20F5N5O3/c1-31(20(34)15-4-2-3-5-17(15)24)12-21(35,22(25,26)27)11-29-19(33)16-10-30-32(18(16)28)14-8-6-13(23)7-9-14/h2-10,35H,11-12,28H2,1H3,(H,29,33). The molecule has 1 heterocycles. The predicted molar refractivity (Wildman–Crippen MR) is 115 cm³/mol. The van der Waals surface area contributed by atoms with Crippen molar-refractivity contribution in [2.24, 2.45) is 0 Å². The summed E-state index contributed by atoms with van der Waals surface area (Å²) in [5.41, 5.74) is 1.82. The molecule has 1 aromatic heterocycles. The zero-order valence-electron chi connectivity index (χ0n) is 18.2. The van der Waals surface area contributed by atoms with Crippen LogP contribution in [-0.2, 0) is 0 Å². The Morgan fingerprint density at radius 3 is 2.31 bits per heavy atom. The number of nitrogen functional groups attached to an aromatic ring is 1. The van der Waals surface area contributed by atoms with Gasteiger partial charge in [0.05, 0.1) is 30.5 Å². The molecule has 0 saturated carbocycles. The quantitative estimate of drug-likeness (QED) is 0.435. The molecule has 13 heteroatoms. The number of nitrogens with two attached hydrogens (primary N) is 1. The van der Waals surface area contributed by atoms with Gasteiger partial charge in [0.1, 0.15) is 23.0 Å². The number of aliphatic hydroxyl groups is 1. The number of rotatable bonds is 7. The fraction of sp³-hybridized carbons (Fsp3) is 0.227. The molecule has 0 bridgehead atoms. The highest BCUT2D eigenvalue weighted by atomic mass is 19.4. The third-order valence-corrected chi connectivity index (χ3v) is 5.14. The maximum atomic E-state index is 13.9. The first-order valence-corrected chi connectivity index (χ1v) is 10.0. The minimum Gasteiger partial charge on any atom is -0.383 e. The number of carbonyl (C=O) groups excluding carboxylic acids is 2. The summed E-state index contributed by atoms with van der Waals surface area (Å²) in [6, 6.07) is 9.58. The molecule has 35 heavy (non-hydrogen) atoms. The van der Waals surface area contributed by atoms with Crippen LogP contribution in [0.5, 0.6) is 0 Å². The summed E-state index contributed by atoms with van der Waals surface area (Å²) in [6.07, 6.45) is -4.28. The molecule has 0 aliphatic rings. The zero-order chi connectivity index (χ0) is 26.0. The summed E-state index contributed by atoms with van der Waals surface area (Å²) in [7, 11) is 0.956. The predicted octanol–water partition coefficient (Wildman–Crippen LogP) is 2.53. The summed E-state index contributed by atoms with van der Waals surface area (Å²) in [5.74, 6) is -3.88. The van der Waals surface area contributed by atoms with E-state index in [-0.39, 0.29) is 11.4 Å². The number of benzene rings is 2. The second-order valence-electron chi connectivity index (χ2n) is 7.68. The van der Waals surface area contributed by atoms with Crippen molar-refractivity contribution in [1.29, 1.82) is 0 Å². The Balaban J connectivity index is 1.76. The minimum atomic E-state index is -5.27. The number of hydrogen-bond acceptors (Lipinski definition) is 5. The van der Waals surface area contributed by atoms with E-state index in [1.54, 1.807) is 0 Å². The Hall–Kier alpha value is -4.00. The molecule has 4 N–H and O–H groups in total. The molecule has 8 nitrogen and oxygen atoms in total. The van der Waals surface area contributed by atoms with Gasteiger partial charge >= 0.3 is 6.18 Å². The molecule has 3 rings (SSSR count). The lowest BCUT2D eigenvalue weighted by Gasteiger charge is -2.34. The molecule has 0 radical (unpaired) electrons. The number of nitrogens with one attached hydrogen (secondary N) is 1. The first-order chi connectivity index (χ1) is 16.3. The Morgan fingerprint density at radius 1 is 1.09 bits per heavy atom. The van der Waals surface area contributed by atoms with Crippen LogP contribution in [0, 0.1) is 11.6 Å². The number of carbonyl (C=O) groups is 2. The lowest BCUT2D eigenvalue weighted by molar-refractivity contribution is -0.259. The number of alkyl halides is 3. The number of amides is 2. The average Bonchev–Trinajstić information content (AvgIpc) is 3.18. The van der Waals surface area contributed by atoms with E-state index < -0.39 is 53.9 Å². The van der Waals surface area contributed by atoms with Crippen molar-refractivity contribution >= 4 is 17.6 Å². The van der Waals surface area contributed by atoms with E-state index in [1.165, 1.54) is 24.3 Å². The number of halogens is 5. The number of aromatic nitrogens is 2. The highest BCUT2D eigenvalue weighted by Crippen LogP contribution is 2.31. The molecule has 0 aliphatic carbocycles. The summed E-state index contributed by atoms with van der Waals surface area (Å²) in [6.45, 7) is -2.64. The largest absolute Gasteiger partial charge is 0.420 e. The van der Waals surface area contributed by atoms with Crippen LogP contribution in [0.4, 0.5) is 27.8 Å². The molecule has 2 amide bonds. The Morgan fingerprint density at radius 2 is 1.71 bits per heavy atom. The normalized spacial score (nSPS) is 13.2. The van der Waals surface area contributed by atoms with Crippen LogP contribution in [0.3, 0.4) is 0 Å². The van der Waals surface area contributed by atoms with Crippen LogP contribution < -0.4 is 11.1 Å². The van der Waals surface area contributed by atoms with Crippen molar-refractivity contribution in [1.82, 2.24) is 20.0 Å². The maximum absolute atomic E-state index is 13.9. The van der Waals surface area contributed by atoms with Crippen LogP contribution in [0.15, 0.2) is 54.7 Å². The van der Waals surface area contributed by atoms with Gasteiger partial charge in [0.2, 0.25) is 0 Å². The monoisotopic (exact) mass is 497 g/mol. The molecule has 0 saturated heterocycles. The average molecular weight is 497 g/mol. The van der Waals surface area contributed by atoms with Gasteiger partial charge < -0.3 is 21.1 Å². The molecule has 1 atom stereocenters. The SMILES string of the molecule is CN(CC(O)(CNC(=O)c1cnn(-c2ccc(F)cc2)c1N)C(F)(F)F)C(=O)c1ccccc1F. The highest BCUT2D eigenvalue weighted by molar-refractivity contribution is 5.98. The molecule has 0 fully saturated rings. The third kappa shape index (κ3) is 5.40. The third-order valence-electron chi connectivity index (χ3n) is 5.14. The van der Waals surface area contributed by atoms with E-state index in [1.807, 2.05) is 5.32 Å². The van der Waals surface area contributed by atoms with Gasteiger partial charge in [-0.15, -0.1) is 0 Å². The minimum absolute atomic E-state index is 0.239. The lowest BCUT2D eigenvalue weighted by atomic mass is 10.0. The van der Waals surface area contributed by atoms with Gasteiger partial charge in [0.25, 0.3) is 11.8 Å². The Labute approximate surface area is 195 Å². The van der Waals surface area contributed by atoms with Crippen molar-refractivity contribution in [3.05, 3.63) is 77.5 Å². The molecule has 0 aliphatic heterocycles. The summed E-state index contributed by atoms with van der Waals surface area (Å²) in [5, 5.41) is 16.2. The van der Waals surface area contributed by atoms with Crippen molar-refractivity contribution in [3.63, 3.8) is 0 Å². The van der Waals surface area contributed by atoms with E-state index in [2.05, 4.69) is 5.10 Å². The second-order valence-corrected chi connectivity index (χ2v) is 7.68. The van der Waals surface area contributed by atoms with Crippen LogP contribution in [0.2, 0.25) is 0 Å². The van der Waals surface area contributed by atoms with Gasteiger partial charge in [-0.3, -0.25) is 9.59 Å². The van der Waals surface area contributed by atoms with E-state index in [9.17, 15) is 36.6 Å². The number of anilines is 1. The van der Waals surface area contributed by atoms with Crippen molar-refractivity contribution < 1.29 is 36.6 Å². The number of nitrogens with zero attached hydrogens (tertiary/aromatic N) is 3. The molecule has 0 spiro atoms. The first kappa shape index (κ1) is 25.6. The van der Waals surface area contributed by atoms with Gasteiger partial charge in [-0.2, -0.15) is 18.3 Å². The smallest absolute Gasteiger partial charge is 0.383 e. The second kappa shape index (κ2) is 9.70. The maximum Gasteiger partial charge on any atom is 0.420 e. The van der Waals surface area contributed by atoms with Crippen molar-refractivity contribution in [3.8, 4) is 5.69 Å². The van der Waals surface area contributed by atoms with E-state index in [4.69, 9.17) is 5.73 Å². The molecular weight excluding hydrogens is 477 g/mol. The summed E-state index contributed by atoms with van der Waals surface area (Å²) >= 11 is 0. The fourth-order valence-electron chi connectivity index (χ4n) is 3.19. The zero-order valence-corrected chi connectivity index (χ0v) is 18.2. The van der Waals surface area contributed by atoms with Crippen molar-refractivity contribution in [2.75, 3.05) is 25.9 Å². The topological polar surface area (TPSA) is 113 Å². The molecule has 186 valence electrons. The molecule has 1 unspecified atom stereocenters. The molecule has 3 aromatic rings. The van der Waals surface area contributed by atoms with Crippen LogP contribution in [0.1, 0.15) is 20.7 Å². The highest BCUT2D eigenvalue weighted by Gasteiger charge is 2.55.